The number of benzene rings is 1. The lowest BCUT2D eigenvalue weighted by molar-refractivity contribution is 1.08. The molecule has 1 aliphatic rings. The lowest BCUT2D eigenvalue weighted by Crippen LogP contribution is -1.81. The highest BCUT2D eigenvalue weighted by atomic mass is 35.5. The maximum absolute atomic E-state index is 6.05. The van der Waals surface area contributed by atoms with E-state index < -0.39 is 0 Å². The Bertz CT molecular complexity index is 573. The van der Waals surface area contributed by atoms with Gasteiger partial charge in [0.15, 0.2) is 0 Å². The molecule has 0 radical (unpaired) electrons. The summed E-state index contributed by atoms with van der Waals surface area (Å²) in [4.78, 5) is 4.13. The minimum Gasteiger partial charge on any atom is -0.264 e. The molecule has 1 heterocycles. The number of halogens is 1. The first-order valence-electron chi connectivity index (χ1n) is 5.72. The highest BCUT2D eigenvalue weighted by Gasteiger charge is 2.15. The molecule has 2 heteroatoms. The van der Waals surface area contributed by atoms with Crippen LogP contribution in [0.15, 0.2) is 42.7 Å². The summed E-state index contributed by atoms with van der Waals surface area (Å²) < 4.78 is 0. The topological polar surface area (TPSA) is 12.9 Å². The molecule has 0 N–H and O–H groups in total. The van der Waals surface area contributed by atoms with Crippen LogP contribution < -0.4 is 0 Å². The Morgan fingerprint density at radius 3 is 2.94 bits per heavy atom. The summed E-state index contributed by atoms with van der Waals surface area (Å²) in [5, 5.41) is 0.808. The van der Waals surface area contributed by atoms with E-state index in [1.807, 2.05) is 18.3 Å². The number of nitrogens with zero attached hydrogens (tertiary/aromatic N) is 1. The van der Waals surface area contributed by atoms with Crippen LogP contribution in [0.4, 0.5) is 0 Å². The molecular formula is C15H12ClN. The van der Waals surface area contributed by atoms with Gasteiger partial charge in [-0.3, -0.25) is 4.98 Å². The number of aryl methyl sites for hydroxylation is 1. The van der Waals surface area contributed by atoms with Gasteiger partial charge in [0.25, 0.3) is 0 Å². The van der Waals surface area contributed by atoms with E-state index in [0.717, 1.165) is 23.4 Å². The molecule has 1 nitrogen and oxygen atoms in total. The highest BCUT2D eigenvalue weighted by Crippen LogP contribution is 2.35. The van der Waals surface area contributed by atoms with Crippen LogP contribution in [0.5, 0.6) is 0 Å². The zero-order valence-corrected chi connectivity index (χ0v) is 10.1. The molecule has 17 heavy (non-hydrogen) atoms. The van der Waals surface area contributed by atoms with Gasteiger partial charge in [-0.2, -0.15) is 0 Å². The van der Waals surface area contributed by atoms with Crippen molar-refractivity contribution in [2.24, 2.45) is 0 Å². The molecule has 0 aliphatic heterocycles. The fraction of sp³-hybridized carbons (Fsp3) is 0.133. The van der Waals surface area contributed by atoms with Gasteiger partial charge >= 0.3 is 0 Å². The standard InChI is InChI=1S/C15H12ClN/c16-14-6-5-12-3-4-13(15(12)9-14)8-11-2-1-7-17-10-11/h1-2,5-10H,3-4H2. The third-order valence-electron chi connectivity index (χ3n) is 3.11. The predicted octanol–water partition coefficient (Wildman–Crippen LogP) is 4.22. The Labute approximate surface area is 106 Å². The first kappa shape index (κ1) is 10.5. The number of rotatable bonds is 1. The van der Waals surface area contributed by atoms with Gasteiger partial charge in [0, 0.05) is 17.4 Å². The largest absolute Gasteiger partial charge is 0.264 e. The molecule has 1 aliphatic carbocycles. The number of pyridine rings is 1. The van der Waals surface area contributed by atoms with E-state index in [-0.39, 0.29) is 0 Å². The van der Waals surface area contributed by atoms with E-state index in [4.69, 9.17) is 11.6 Å². The van der Waals surface area contributed by atoms with Crippen molar-refractivity contribution < 1.29 is 0 Å². The molecule has 1 aromatic carbocycles. The van der Waals surface area contributed by atoms with Gasteiger partial charge in [0.2, 0.25) is 0 Å². The molecular weight excluding hydrogens is 230 g/mol. The fourth-order valence-corrected chi connectivity index (χ4v) is 2.45. The van der Waals surface area contributed by atoms with E-state index in [0.29, 0.717) is 0 Å². The molecule has 0 unspecified atom stereocenters. The van der Waals surface area contributed by atoms with Gasteiger partial charge in [-0.05, 0) is 59.4 Å². The smallest absolute Gasteiger partial charge is 0.0412 e. The molecule has 1 aromatic heterocycles. The van der Waals surface area contributed by atoms with E-state index in [1.165, 1.54) is 16.7 Å². The van der Waals surface area contributed by atoms with E-state index in [2.05, 4.69) is 29.3 Å². The Morgan fingerprint density at radius 2 is 2.12 bits per heavy atom. The van der Waals surface area contributed by atoms with Crippen LogP contribution >= 0.6 is 11.6 Å². The molecule has 0 saturated carbocycles. The number of allylic oxidation sites excluding steroid dienone is 1. The number of fused-ring (bicyclic) bond motifs is 1. The normalized spacial score (nSPS) is 16.2. The monoisotopic (exact) mass is 241 g/mol. The van der Waals surface area contributed by atoms with Crippen LogP contribution in [0, 0.1) is 0 Å². The van der Waals surface area contributed by atoms with Gasteiger partial charge in [0.1, 0.15) is 0 Å². The SMILES string of the molecule is Clc1ccc2c(c1)C(=Cc1cccnc1)CC2. The minimum absolute atomic E-state index is 0.808. The second-order valence-corrected chi connectivity index (χ2v) is 4.69. The van der Waals surface area contributed by atoms with Crippen LogP contribution in [0.3, 0.4) is 0 Å². The summed E-state index contributed by atoms with van der Waals surface area (Å²) in [6.07, 6.45) is 8.08. The Balaban J connectivity index is 2.04. The van der Waals surface area contributed by atoms with Gasteiger partial charge in [0.05, 0.1) is 0 Å². The second-order valence-electron chi connectivity index (χ2n) is 4.26. The summed E-state index contributed by atoms with van der Waals surface area (Å²) in [7, 11) is 0. The Kier molecular flexibility index (Phi) is 2.69. The van der Waals surface area contributed by atoms with E-state index >= 15 is 0 Å². The highest BCUT2D eigenvalue weighted by molar-refractivity contribution is 6.30. The van der Waals surface area contributed by atoms with Gasteiger partial charge in [-0.1, -0.05) is 23.7 Å². The third kappa shape index (κ3) is 2.11. The van der Waals surface area contributed by atoms with E-state index in [9.17, 15) is 0 Å². The second kappa shape index (κ2) is 4.34. The first-order chi connectivity index (χ1) is 8.33. The van der Waals surface area contributed by atoms with Crippen molar-refractivity contribution in [1.29, 1.82) is 0 Å². The summed E-state index contributed by atoms with van der Waals surface area (Å²) in [6.45, 7) is 0. The molecule has 84 valence electrons. The molecule has 3 rings (SSSR count). The van der Waals surface area contributed by atoms with Crippen molar-refractivity contribution in [3.8, 4) is 0 Å². The molecule has 2 aromatic rings. The van der Waals surface area contributed by atoms with Gasteiger partial charge < -0.3 is 0 Å². The molecule has 0 spiro atoms. The van der Waals surface area contributed by atoms with Crippen LogP contribution in [-0.4, -0.2) is 4.98 Å². The van der Waals surface area contributed by atoms with Crippen LogP contribution in [0.25, 0.3) is 11.6 Å². The average molecular weight is 242 g/mol. The van der Waals surface area contributed by atoms with Crippen molar-refractivity contribution in [3.05, 3.63) is 64.4 Å². The molecule has 0 atom stereocenters. The van der Waals surface area contributed by atoms with Crippen molar-refractivity contribution in [3.63, 3.8) is 0 Å². The summed E-state index contributed by atoms with van der Waals surface area (Å²) in [5.74, 6) is 0. The molecule has 0 bridgehead atoms. The Hall–Kier alpha value is -1.60. The van der Waals surface area contributed by atoms with E-state index in [1.54, 1.807) is 6.20 Å². The molecule has 0 fully saturated rings. The van der Waals surface area contributed by atoms with Crippen LogP contribution in [0.2, 0.25) is 5.02 Å². The fourth-order valence-electron chi connectivity index (χ4n) is 2.28. The molecule has 0 amide bonds. The van der Waals surface area contributed by atoms with Gasteiger partial charge in [-0.15, -0.1) is 0 Å². The third-order valence-corrected chi connectivity index (χ3v) is 3.34. The zero-order chi connectivity index (χ0) is 11.7. The maximum atomic E-state index is 6.05. The first-order valence-corrected chi connectivity index (χ1v) is 6.10. The lowest BCUT2D eigenvalue weighted by atomic mass is 10.1. The number of hydrogen-bond acceptors (Lipinski definition) is 1. The summed E-state index contributed by atoms with van der Waals surface area (Å²) in [6, 6.07) is 10.2. The van der Waals surface area contributed by atoms with Gasteiger partial charge in [-0.25, -0.2) is 0 Å². The van der Waals surface area contributed by atoms with Crippen molar-refractivity contribution in [1.82, 2.24) is 4.98 Å². The Morgan fingerprint density at radius 1 is 1.18 bits per heavy atom. The summed E-state index contributed by atoms with van der Waals surface area (Å²) in [5.41, 5.74) is 5.19. The zero-order valence-electron chi connectivity index (χ0n) is 9.36. The summed E-state index contributed by atoms with van der Waals surface area (Å²) >= 11 is 6.05. The van der Waals surface area contributed by atoms with Crippen LogP contribution in [-0.2, 0) is 6.42 Å². The quantitative estimate of drug-likeness (QED) is 0.728. The number of aromatic nitrogens is 1. The average Bonchev–Trinajstić information content (AvgIpc) is 2.73. The van der Waals surface area contributed by atoms with Crippen LogP contribution in [0.1, 0.15) is 23.1 Å². The number of hydrogen-bond donors (Lipinski definition) is 0. The lowest BCUT2D eigenvalue weighted by Gasteiger charge is -2.02. The predicted molar refractivity (Wildman–Crippen MR) is 71.9 cm³/mol. The minimum atomic E-state index is 0.808. The molecule has 0 saturated heterocycles. The van der Waals surface area contributed by atoms with Crippen molar-refractivity contribution >= 4 is 23.3 Å². The maximum Gasteiger partial charge on any atom is 0.0412 e. The van der Waals surface area contributed by atoms with Crippen molar-refractivity contribution in [2.75, 3.05) is 0 Å². The van der Waals surface area contributed by atoms with Crippen molar-refractivity contribution in [2.45, 2.75) is 12.8 Å².